The molecule has 1 nitrogen and oxygen atoms in total. The van der Waals surface area contributed by atoms with Crippen LogP contribution in [-0.2, 0) is 4.74 Å². The van der Waals surface area contributed by atoms with Gasteiger partial charge < -0.3 is 4.74 Å². The van der Waals surface area contributed by atoms with Gasteiger partial charge in [-0.15, -0.1) is 0 Å². The summed E-state index contributed by atoms with van der Waals surface area (Å²) in [6, 6.07) is 0. The van der Waals surface area contributed by atoms with E-state index in [1.54, 1.807) is 0 Å². The van der Waals surface area contributed by atoms with Crippen LogP contribution in [0, 0.1) is 11.8 Å². The topological polar surface area (TPSA) is 9.23 Å². The Morgan fingerprint density at radius 3 is 3.17 bits per heavy atom. The normalized spacial score (nSPS) is 40.2. The van der Waals surface area contributed by atoms with Crippen LogP contribution < -0.4 is 0 Å². The van der Waals surface area contributed by atoms with Gasteiger partial charge in [0, 0.05) is 5.92 Å². The van der Waals surface area contributed by atoms with Gasteiger partial charge in [-0.25, -0.2) is 0 Å². The van der Waals surface area contributed by atoms with Gasteiger partial charge in [-0.05, 0) is 31.3 Å². The van der Waals surface area contributed by atoms with Crippen LogP contribution in [0.5, 0.6) is 0 Å². The van der Waals surface area contributed by atoms with Crippen molar-refractivity contribution in [2.75, 3.05) is 0 Å². The van der Waals surface area contributed by atoms with Gasteiger partial charge in [-0.2, -0.15) is 0 Å². The molecule has 0 aromatic carbocycles. The summed E-state index contributed by atoms with van der Waals surface area (Å²) in [4.78, 5) is 0. The van der Waals surface area contributed by atoms with Crippen molar-refractivity contribution in [1.82, 2.24) is 0 Å². The van der Waals surface area contributed by atoms with E-state index in [1.807, 2.05) is 6.26 Å². The highest BCUT2D eigenvalue weighted by atomic mass is 16.5. The molecule has 2 rings (SSSR count). The van der Waals surface area contributed by atoms with Gasteiger partial charge >= 0.3 is 0 Å². The molecule has 0 N–H and O–H groups in total. The average Bonchev–Trinajstić information content (AvgIpc) is 2.43. The molecule has 1 heterocycles. The average molecular weight is 166 g/mol. The third-order valence-electron chi connectivity index (χ3n) is 3.34. The van der Waals surface area contributed by atoms with E-state index < -0.39 is 0 Å². The predicted molar refractivity (Wildman–Crippen MR) is 49.8 cm³/mol. The predicted octanol–water partition coefficient (Wildman–Crippen LogP) is 3.12. The molecule has 1 aliphatic carbocycles. The molecule has 0 amide bonds. The zero-order chi connectivity index (χ0) is 8.39. The van der Waals surface area contributed by atoms with Gasteiger partial charge in [0.15, 0.2) is 0 Å². The van der Waals surface area contributed by atoms with Gasteiger partial charge in [0.05, 0.1) is 6.26 Å². The fourth-order valence-corrected chi connectivity index (χ4v) is 2.47. The summed E-state index contributed by atoms with van der Waals surface area (Å²) in [5, 5.41) is 0. The van der Waals surface area contributed by atoms with E-state index in [0.717, 1.165) is 11.8 Å². The van der Waals surface area contributed by atoms with Gasteiger partial charge in [-0.1, -0.05) is 19.8 Å². The van der Waals surface area contributed by atoms with Crippen LogP contribution in [0.1, 0.15) is 39.0 Å². The van der Waals surface area contributed by atoms with E-state index in [9.17, 15) is 0 Å². The molecule has 0 aromatic rings. The Morgan fingerprint density at radius 1 is 1.42 bits per heavy atom. The lowest BCUT2D eigenvalue weighted by Crippen LogP contribution is -2.15. The molecule has 1 fully saturated rings. The molecule has 3 atom stereocenters. The molecule has 1 aliphatic heterocycles. The van der Waals surface area contributed by atoms with E-state index in [1.165, 1.54) is 32.1 Å². The standard InChI is InChI=1S/C11H18O/c1-2-9-4-3-5-11-10(8-9)6-7-12-11/h6-7,9-11H,2-5,8H2,1H3/t9?,10-,11+/m0/s1. The Kier molecular flexibility index (Phi) is 2.38. The minimum absolute atomic E-state index is 0.529. The Hall–Kier alpha value is -0.460. The fourth-order valence-electron chi connectivity index (χ4n) is 2.47. The number of hydrogen-bond acceptors (Lipinski definition) is 1. The van der Waals surface area contributed by atoms with Crippen molar-refractivity contribution in [3.63, 3.8) is 0 Å². The van der Waals surface area contributed by atoms with Crippen LogP contribution in [0.25, 0.3) is 0 Å². The largest absolute Gasteiger partial charge is 0.498 e. The summed E-state index contributed by atoms with van der Waals surface area (Å²) < 4.78 is 5.55. The molecular formula is C11H18O. The van der Waals surface area contributed by atoms with Crippen LogP contribution >= 0.6 is 0 Å². The zero-order valence-electron chi connectivity index (χ0n) is 7.83. The van der Waals surface area contributed by atoms with Crippen molar-refractivity contribution in [1.29, 1.82) is 0 Å². The number of hydrogen-bond donors (Lipinski definition) is 0. The summed E-state index contributed by atoms with van der Waals surface area (Å²) in [7, 11) is 0. The van der Waals surface area contributed by atoms with E-state index in [0.29, 0.717) is 6.10 Å². The second-order valence-corrected chi connectivity index (χ2v) is 4.11. The van der Waals surface area contributed by atoms with Crippen molar-refractivity contribution in [2.24, 2.45) is 11.8 Å². The molecule has 1 unspecified atom stereocenters. The molecule has 1 saturated carbocycles. The lowest BCUT2D eigenvalue weighted by Gasteiger charge is -2.17. The fraction of sp³-hybridized carbons (Fsp3) is 0.818. The van der Waals surface area contributed by atoms with E-state index in [-0.39, 0.29) is 0 Å². The summed E-state index contributed by atoms with van der Waals surface area (Å²) in [5.41, 5.74) is 0. The molecule has 0 radical (unpaired) electrons. The summed E-state index contributed by atoms with van der Waals surface area (Å²) in [6.07, 6.45) is 11.5. The third-order valence-corrected chi connectivity index (χ3v) is 3.34. The molecule has 2 aliphatic rings. The third kappa shape index (κ3) is 1.50. The molecule has 1 heteroatoms. The van der Waals surface area contributed by atoms with E-state index in [2.05, 4.69) is 13.0 Å². The van der Waals surface area contributed by atoms with Gasteiger partial charge in [0.2, 0.25) is 0 Å². The van der Waals surface area contributed by atoms with Crippen molar-refractivity contribution < 1.29 is 4.74 Å². The first-order chi connectivity index (χ1) is 5.90. The molecule has 68 valence electrons. The maximum absolute atomic E-state index is 5.55. The van der Waals surface area contributed by atoms with Gasteiger partial charge in [-0.3, -0.25) is 0 Å². The zero-order valence-corrected chi connectivity index (χ0v) is 7.83. The lowest BCUT2D eigenvalue weighted by molar-refractivity contribution is 0.125. The minimum atomic E-state index is 0.529. The van der Waals surface area contributed by atoms with Crippen LogP contribution in [0.15, 0.2) is 12.3 Å². The maximum atomic E-state index is 5.55. The lowest BCUT2D eigenvalue weighted by atomic mass is 9.91. The first-order valence-electron chi connectivity index (χ1n) is 5.22. The quantitative estimate of drug-likeness (QED) is 0.581. The second-order valence-electron chi connectivity index (χ2n) is 4.11. The number of fused-ring (bicyclic) bond motifs is 1. The first kappa shape index (κ1) is 8.15. The Bertz CT molecular complexity index is 174. The Balaban J connectivity index is 1.98. The number of ether oxygens (including phenoxy) is 1. The monoisotopic (exact) mass is 166 g/mol. The molecule has 0 aromatic heterocycles. The van der Waals surface area contributed by atoms with Gasteiger partial charge in [0.1, 0.15) is 6.10 Å². The highest BCUT2D eigenvalue weighted by molar-refractivity contribution is 4.97. The van der Waals surface area contributed by atoms with Gasteiger partial charge in [0.25, 0.3) is 0 Å². The van der Waals surface area contributed by atoms with Crippen LogP contribution in [-0.4, -0.2) is 6.10 Å². The molecule has 12 heavy (non-hydrogen) atoms. The summed E-state index contributed by atoms with van der Waals surface area (Å²) >= 11 is 0. The van der Waals surface area contributed by atoms with Crippen LogP contribution in [0.3, 0.4) is 0 Å². The molecule has 0 spiro atoms. The number of rotatable bonds is 1. The Morgan fingerprint density at radius 2 is 2.33 bits per heavy atom. The first-order valence-corrected chi connectivity index (χ1v) is 5.22. The smallest absolute Gasteiger partial charge is 0.104 e. The summed E-state index contributed by atoms with van der Waals surface area (Å²) in [5.74, 6) is 1.68. The molecular weight excluding hydrogens is 148 g/mol. The highest BCUT2D eigenvalue weighted by Gasteiger charge is 2.29. The van der Waals surface area contributed by atoms with Crippen LogP contribution in [0.4, 0.5) is 0 Å². The second kappa shape index (κ2) is 3.51. The van der Waals surface area contributed by atoms with Crippen molar-refractivity contribution >= 4 is 0 Å². The van der Waals surface area contributed by atoms with Crippen molar-refractivity contribution in [3.8, 4) is 0 Å². The van der Waals surface area contributed by atoms with E-state index >= 15 is 0 Å². The SMILES string of the molecule is CCC1CCC[C@H]2OC=C[C@H]2C1. The summed E-state index contributed by atoms with van der Waals surface area (Å²) in [6.45, 7) is 2.31. The molecule has 0 bridgehead atoms. The Labute approximate surface area is 74.8 Å². The van der Waals surface area contributed by atoms with Crippen molar-refractivity contribution in [2.45, 2.75) is 45.1 Å². The van der Waals surface area contributed by atoms with E-state index in [4.69, 9.17) is 4.74 Å². The minimum Gasteiger partial charge on any atom is -0.498 e. The van der Waals surface area contributed by atoms with Crippen LogP contribution in [0.2, 0.25) is 0 Å². The van der Waals surface area contributed by atoms with Crippen molar-refractivity contribution in [3.05, 3.63) is 12.3 Å². The molecule has 0 saturated heterocycles. The highest BCUT2D eigenvalue weighted by Crippen LogP contribution is 2.34. The maximum Gasteiger partial charge on any atom is 0.104 e.